The topological polar surface area (TPSA) is 29.5 Å². The van der Waals surface area contributed by atoms with Crippen molar-refractivity contribution in [1.29, 1.82) is 0 Å². The van der Waals surface area contributed by atoms with Crippen LogP contribution in [0.3, 0.4) is 0 Å². The molecule has 19 heavy (non-hydrogen) atoms. The van der Waals surface area contributed by atoms with Gasteiger partial charge in [-0.1, -0.05) is 28.1 Å². The lowest BCUT2D eigenvalue weighted by Gasteiger charge is -2.48. The Hall–Kier alpha value is -0.380. The zero-order valence-corrected chi connectivity index (χ0v) is 12.9. The molecule has 1 saturated carbocycles. The van der Waals surface area contributed by atoms with Gasteiger partial charge in [0.15, 0.2) is 0 Å². The average molecular weight is 325 g/mol. The number of hydrogen-bond donors (Lipinski definition) is 1. The Kier molecular flexibility index (Phi) is 3.71. The maximum atomic E-state index is 10.7. The van der Waals surface area contributed by atoms with Crippen LogP contribution in [0.4, 0.5) is 0 Å². The highest BCUT2D eigenvalue weighted by atomic mass is 79.9. The van der Waals surface area contributed by atoms with Gasteiger partial charge in [0.05, 0.1) is 11.7 Å². The smallest absolute Gasteiger partial charge is 0.0823 e. The van der Waals surface area contributed by atoms with E-state index in [9.17, 15) is 5.11 Å². The van der Waals surface area contributed by atoms with Crippen molar-refractivity contribution in [3.63, 3.8) is 0 Å². The first-order chi connectivity index (χ1) is 9.11. The molecule has 1 saturated heterocycles. The van der Waals surface area contributed by atoms with Crippen LogP contribution in [0.1, 0.15) is 49.3 Å². The quantitative estimate of drug-likeness (QED) is 0.885. The summed E-state index contributed by atoms with van der Waals surface area (Å²) in [5.41, 5.74) is 2.32. The van der Waals surface area contributed by atoms with Crippen molar-refractivity contribution in [2.24, 2.45) is 5.92 Å². The third kappa shape index (κ3) is 2.48. The van der Waals surface area contributed by atoms with Crippen molar-refractivity contribution in [2.75, 3.05) is 6.61 Å². The molecule has 2 atom stereocenters. The predicted octanol–water partition coefficient (Wildman–Crippen LogP) is 4.14. The zero-order valence-electron chi connectivity index (χ0n) is 11.4. The molecule has 1 aliphatic heterocycles. The Morgan fingerprint density at radius 2 is 2.21 bits per heavy atom. The van der Waals surface area contributed by atoms with Crippen LogP contribution in [0.5, 0.6) is 0 Å². The SMILES string of the molecule is Cc1c(Br)cccc1C(O)C1CCOC2(CCC2)C1. The Morgan fingerprint density at radius 1 is 1.42 bits per heavy atom. The summed E-state index contributed by atoms with van der Waals surface area (Å²) in [6, 6.07) is 6.09. The molecule has 1 spiro atoms. The second-order valence-electron chi connectivity index (χ2n) is 6.04. The first-order valence-electron chi connectivity index (χ1n) is 7.18. The van der Waals surface area contributed by atoms with Gasteiger partial charge in [0.1, 0.15) is 0 Å². The fourth-order valence-corrected chi connectivity index (χ4v) is 3.83. The maximum Gasteiger partial charge on any atom is 0.0823 e. The van der Waals surface area contributed by atoms with Crippen LogP contribution in [-0.4, -0.2) is 17.3 Å². The van der Waals surface area contributed by atoms with Gasteiger partial charge in [0.25, 0.3) is 0 Å². The van der Waals surface area contributed by atoms with E-state index in [4.69, 9.17) is 4.74 Å². The van der Waals surface area contributed by atoms with E-state index in [1.54, 1.807) is 0 Å². The molecule has 0 amide bonds. The van der Waals surface area contributed by atoms with Crippen LogP contribution in [0.2, 0.25) is 0 Å². The molecule has 0 aromatic heterocycles. The van der Waals surface area contributed by atoms with Gasteiger partial charge in [-0.2, -0.15) is 0 Å². The third-order valence-corrected chi connectivity index (χ3v) is 5.73. The van der Waals surface area contributed by atoms with Crippen LogP contribution >= 0.6 is 15.9 Å². The molecule has 104 valence electrons. The van der Waals surface area contributed by atoms with Crippen LogP contribution in [0.15, 0.2) is 22.7 Å². The molecule has 3 heteroatoms. The van der Waals surface area contributed by atoms with Gasteiger partial charge in [-0.3, -0.25) is 0 Å². The van der Waals surface area contributed by atoms with Crippen molar-refractivity contribution < 1.29 is 9.84 Å². The third-order valence-electron chi connectivity index (χ3n) is 4.87. The molecule has 1 aromatic rings. The van der Waals surface area contributed by atoms with Crippen LogP contribution in [0.25, 0.3) is 0 Å². The Bertz CT molecular complexity index is 468. The minimum atomic E-state index is -0.362. The second-order valence-corrected chi connectivity index (χ2v) is 6.89. The first kappa shape index (κ1) is 13.6. The molecule has 2 unspecified atom stereocenters. The highest BCUT2D eigenvalue weighted by Gasteiger charge is 2.44. The molecule has 1 N–H and O–H groups in total. The van der Waals surface area contributed by atoms with E-state index in [0.29, 0.717) is 5.92 Å². The molecule has 2 aliphatic rings. The number of rotatable bonds is 2. The summed E-state index contributed by atoms with van der Waals surface area (Å²) in [6.45, 7) is 2.87. The van der Waals surface area contributed by atoms with E-state index in [0.717, 1.165) is 35.0 Å². The summed E-state index contributed by atoms with van der Waals surface area (Å²) < 4.78 is 7.03. The molecule has 2 nitrogen and oxygen atoms in total. The van der Waals surface area contributed by atoms with Crippen molar-refractivity contribution in [3.05, 3.63) is 33.8 Å². The molecule has 1 aliphatic carbocycles. The Morgan fingerprint density at radius 3 is 2.89 bits per heavy atom. The fourth-order valence-electron chi connectivity index (χ4n) is 3.45. The zero-order chi connectivity index (χ0) is 13.5. The van der Waals surface area contributed by atoms with Gasteiger partial charge in [0.2, 0.25) is 0 Å². The summed E-state index contributed by atoms with van der Waals surface area (Å²) in [7, 11) is 0. The summed E-state index contributed by atoms with van der Waals surface area (Å²) in [4.78, 5) is 0. The van der Waals surface area contributed by atoms with E-state index in [-0.39, 0.29) is 11.7 Å². The van der Waals surface area contributed by atoms with E-state index in [1.165, 1.54) is 19.3 Å². The highest BCUT2D eigenvalue weighted by molar-refractivity contribution is 9.10. The van der Waals surface area contributed by atoms with Crippen LogP contribution in [0, 0.1) is 12.8 Å². The van der Waals surface area contributed by atoms with Crippen molar-refractivity contribution in [1.82, 2.24) is 0 Å². The van der Waals surface area contributed by atoms with Gasteiger partial charge in [0, 0.05) is 11.1 Å². The predicted molar refractivity (Wildman–Crippen MR) is 79.1 cm³/mol. The molecular weight excluding hydrogens is 304 g/mol. The first-order valence-corrected chi connectivity index (χ1v) is 7.98. The number of benzene rings is 1. The molecule has 3 rings (SSSR count). The van der Waals surface area contributed by atoms with Gasteiger partial charge in [-0.05, 0) is 62.1 Å². The number of hydrogen-bond acceptors (Lipinski definition) is 2. The number of halogens is 1. The molecule has 0 bridgehead atoms. The lowest BCUT2D eigenvalue weighted by molar-refractivity contribution is -0.157. The number of aliphatic hydroxyl groups is 1. The van der Waals surface area contributed by atoms with Crippen molar-refractivity contribution in [2.45, 2.75) is 50.7 Å². The lowest BCUT2D eigenvalue weighted by Crippen LogP contribution is -2.46. The van der Waals surface area contributed by atoms with Gasteiger partial charge < -0.3 is 9.84 Å². The summed E-state index contributed by atoms with van der Waals surface area (Å²) >= 11 is 3.55. The average Bonchev–Trinajstić information content (AvgIpc) is 2.39. The number of ether oxygens (including phenoxy) is 1. The standard InChI is InChI=1S/C16H21BrO2/c1-11-13(4-2-5-14(11)17)15(18)12-6-9-19-16(10-12)7-3-8-16/h2,4-5,12,15,18H,3,6-10H2,1H3. The highest BCUT2D eigenvalue weighted by Crippen LogP contribution is 2.47. The molecule has 0 radical (unpaired) electrons. The van der Waals surface area contributed by atoms with Crippen LogP contribution in [-0.2, 0) is 4.74 Å². The second kappa shape index (κ2) is 5.19. The molecule has 1 heterocycles. The lowest BCUT2D eigenvalue weighted by atomic mass is 9.70. The molecular formula is C16H21BrO2. The minimum absolute atomic E-state index is 0.101. The van der Waals surface area contributed by atoms with Crippen molar-refractivity contribution >= 4 is 15.9 Å². The van der Waals surface area contributed by atoms with E-state index >= 15 is 0 Å². The summed E-state index contributed by atoms with van der Waals surface area (Å²) in [5, 5.41) is 10.7. The summed E-state index contributed by atoms with van der Waals surface area (Å²) in [6.07, 6.45) is 5.24. The van der Waals surface area contributed by atoms with E-state index < -0.39 is 0 Å². The van der Waals surface area contributed by atoms with Gasteiger partial charge in [-0.25, -0.2) is 0 Å². The number of aliphatic hydroxyl groups excluding tert-OH is 1. The molecule has 1 aromatic carbocycles. The molecule has 2 fully saturated rings. The Labute approximate surface area is 123 Å². The Balaban J connectivity index is 1.79. The van der Waals surface area contributed by atoms with Gasteiger partial charge in [-0.15, -0.1) is 0 Å². The van der Waals surface area contributed by atoms with Crippen molar-refractivity contribution in [3.8, 4) is 0 Å². The normalized spacial score (nSPS) is 27.0. The van der Waals surface area contributed by atoms with E-state index in [1.807, 2.05) is 18.2 Å². The largest absolute Gasteiger partial charge is 0.388 e. The minimum Gasteiger partial charge on any atom is -0.388 e. The summed E-state index contributed by atoms with van der Waals surface area (Å²) in [5.74, 6) is 0.335. The van der Waals surface area contributed by atoms with Crippen LogP contribution < -0.4 is 0 Å². The fraction of sp³-hybridized carbons (Fsp3) is 0.625. The maximum absolute atomic E-state index is 10.7. The van der Waals surface area contributed by atoms with E-state index in [2.05, 4.69) is 22.9 Å². The van der Waals surface area contributed by atoms with Gasteiger partial charge >= 0.3 is 0 Å². The monoisotopic (exact) mass is 324 g/mol.